The molecule has 0 aromatic heterocycles. The Morgan fingerprint density at radius 2 is 1.83 bits per heavy atom. The lowest BCUT2D eigenvalue weighted by atomic mass is 10.1. The molecule has 0 aliphatic heterocycles. The molecule has 1 N–H and O–H groups in total. The van der Waals surface area contributed by atoms with Gasteiger partial charge in [-0.25, -0.2) is 8.78 Å². The number of carbonyl (C=O) groups excluding carboxylic acids is 1. The van der Waals surface area contributed by atoms with Crippen molar-refractivity contribution in [3.8, 4) is 11.5 Å². The maximum Gasteiger partial charge on any atom is 0.262 e. The highest BCUT2D eigenvalue weighted by Gasteiger charge is 2.19. The summed E-state index contributed by atoms with van der Waals surface area (Å²) < 4.78 is 38.5. The van der Waals surface area contributed by atoms with Gasteiger partial charge in [-0.3, -0.25) is 4.79 Å². The third-order valence-electron chi connectivity index (χ3n) is 4.44. The predicted octanol–water partition coefficient (Wildman–Crippen LogP) is 4.07. The zero-order valence-electron chi connectivity index (χ0n) is 17.5. The summed E-state index contributed by atoms with van der Waals surface area (Å²) in [6.07, 6.45) is -0.644. The first-order valence-electron chi connectivity index (χ1n) is 9.54. The van der Waals surface area contributed by atoms with Gasteiger partial charge in [0, 0.05) is 38.3 Å². The van der Waals surface area contributed by atoms with E-state index in [-0.39, 0.29) is 11.9 Å². The second-order valence-corrected chi connectivity index (χ2v) is 6.98. The Morgan fingerprint density at radius 3 is 2.45 bits per heavy atom. The molecular weight excluding hydrogens is 378 g/mol. The van der Waals surface area contributed by atoms with E-state index in [0.717, 1.165) is 11.6 Å². The van der Waals surface area contributed by atoms with E-state index >= 15 is 0 Å². The van der Waals surface area contributed by atoms with Crippen LogP contribution in [0.15, 0.2) is 36.4 Å². The molecule has 0 fully saturated rings. The van der Waals surface area contributed by atoms with Crippen molar-refractivity contribution in [2.24, 2.45) is 0 Å². The van der Waals surface area contributed by atoms with Crippen molar-refractivity contribution in [3.05, 3.63) is 59.2 Å². The summed E-state index contributed by atoms with van der Waals surface area (Å²) in [5.74, 6) is -0.309. The second-order valence-electron chi connectivity index (χ2n) is 6.98. The van der Waals surface area contributed by atoms with Crippen LogP contribution in [0.5, 0.6) is 11.5 Å². The van der Waals surface area contributed by atoms with Crippen LogP contribution in [-0.4, -0.2) is 37.6 Å². The van der Waals surface area contributed by atoms with Crippen LogP contribution in [0.2, 0.25) is 0 Å². The smallest absolute Gasteiger partial charge is 0.262 e. The number of nitrogens with zero attached hydrogens (tertiary/aromatic N) is 1. The second kappa shape index (κ2) is 10.2. The fourth-order valence-electron chi connectivity index (χ4n) is 2.87. The average Bonchev–Trinajstić information content (AvgIpc) is 2.67. The molecule has 7 heteroatoms. The largest absolute Gasteiger partial charge is 0.490 e. The summed E-state index contributed by atoms with van der Waals surface area (Å²) in [6, 6.07) is 8.69. The Kier molecular flexibility index (Phi) is 7.96. The quantitative estimate of drug-likeness (QED) is 0.682. The summed E-state index contributed by atoms with van der Waals surface area (Å²) >= 11 is 0. The van der Waals surface area contributed by atoms with Gasteiger partial charge >= 0.3 is 0 Å². The number of likely N-dealkylation sites (N-methyl/N-ethyl adjacent to an activating group) is 1. The van der Waals surface area contributed by atoms with Gasteiger partial charge < -0.3 is 19.7 Å². The number of amides is 1. The number of carbonyl (C=O) groups is 1. The summed E-state index contributed by atoms with van der Waals surface area (Å²) in [6.45, 7) is 6.26. The van der Waals surface area contributed by atoms with E-state index in [4.69, 9.17) is 9.47 Å². The van der Waals surface area contributed by atoms with Gasteiger partial charge in [0.1, 0.15) is 11.6 Å². The Morgan fingerprint density at radius 1 is 1.10 bits per heavy atom. The zero-order valence-corrected chi connectivity index (χ0v) is 17.5. The van der Waals surface area contributed by atoms with Gasteiger partial charge in [-0.1, -0.05) is 12.1 Å². The number of hydrogen-bond donors (Lipinski definition) is 1. The highest BCUT2D eigenvalue weighted by atomic mass is 19.1. The van der Waals surface area contributed by atoms with Crippen molar-refractivity contribution in [2.75, 3.05) is 20.7 Å². The molecule has 0 spiro atoms. The van der Waals surface area contributed by atoms with Crippen molar-refractivity contribution < 1.29 is 23.0 Å². The van der Waals surface area contributed by atoms with Gasteiger partial charge in [-0.15, -0.1) is 0 Å². The van der Waals surface area contributed by atoms with Gasteiger partial charge in [0.25, 0.3) is 5.91 Å². The SMILES string of the molecule is CCOc1cc(CN[C@@H](C)c2ccc(F)cc2F)ccc1O[C@H](C)C(=O)N(C)C. The van der Waals surface area contributed by atoms with E-state index in [1.54, 1.807) is 27.1 Å². The molecule has 0 aliphatic carbocycles. The first-order valence-corrected chi connectivity index (χ1v) is 9.54. The maximum atomic E-state index is 13.9. The normalized spacial score (nSPS) is 12.9. The molecule has 0 bridgehead atoms. The van der Waals surface area contributed by atoms with Gasteiger partial charge in [-0.2, -0.15) is 0 Å². The minimum Gasteiger partial charge on any atom is -0.490 e. The van der Waals surface area contributed by atoms with E-state index in [1.807, 2.05) is 26.0 Å². The van der Waals surface area contributed by atoms with Crippen LogP contribution in [-0.2, 0) is 11.3 Å². The first kappa shape index (κ1) is 22.6. The Balaban J connectivity index is 2.09. The fraction of sp³-hybridized carbons (Fsp3) is 0.409. The summed E-state index contributed by atoms with van der Waals surface area (Å²) in [5, 5.41) is 3.22. The Hall–Kier alpha value is -2.67. The number of nitrogens with one attached hydrogen (secondary N) is 1. The topological polar surface area (TPSA) is 50.8 Å². The monoisotopic (exact) mass is 406 g/mol. The molecule has 29 heavy (non-hydrogen) atoms. The molecule has 0 saturated heterocycles. The molecule has 158 valence electrons. The molecule has 0 unspecified atom stereocenters. The van der Waals surface area contributed by atoms with Crippen molar-refractivity contribution >= 4 is 5.91 Å². The van der Waals surface area contributed by atoms with Gasteiger partial charge in [0.05, 0.1) is 6.61 Å². The molecule has 2 atom stereocenters. The van der Waals surface area contributed by atoms with Gasteiger partial charge in [0.2, 0.25) is 0 Å². The van der Waals surface area contributed by atoms with Crippen LogP contribution >= 0.6 is 0 Å². The van der Waals surface area contributed by atoms with Gasteiger partial charge in [-0.05, 0) is 44.5 Å². The number of rotatable bonds is 9. The Bertz CT molecular complexity index is 843. The lowest BCUT2D eigenvalue weighted by molar-refractivity contribution is -0.135. The molecule has 0 heterocycles. The molecule has 5 nitrogen and oxygen atoms in total. The first-order chi connectivity index (χ1) is 13.7. The van der Waals surface area contributed by atoms with Crippen molar-refractivity contribution in [1.29, 1.82) is 0 Å². The van der Waals surface area contributed by atoms with E-state index in [1.165, 1.54) is 17.0 Å². The van der Waals surface area contributed by atoms with Crippen LogP contribution in [0.1, 0.15) is 37.9 Å². The minimum atomic E-state index is -0.644. The molecule has 0 radical (unpaired) electrons. The highest BCUT2D eigenvalue weighted by Crippen LogP contribution is 2.30. The minimum absolute atomic E-state index is 0.145. The van der Waals surface area contributed by atoms with Crippen molar-refractivity contribution in [2.45, 2.75) is 39.5 Å². The molecule has 2 rings (SSSR count). The molecule has 1 amide bonds. The van der Waals surface area contributed by atoms with Crippen LogP contribution in [0, 0.1) is 11.6 Å². The van der Waals surface area contributed by atoms with E-state index in [2.05, 4.69) is 5.32 Å². The number of benzene rings is 2. The number of hydrogen-bond acceptors (Lipinski definition) is 4. The molecular formula is C22H28F2N2O3. The summed E-state index contributed by atoms with van der Waals surface area (Å²) in [5.41, 5.74) is 1.30. The summed E-state index contributed by atoms with van der Waals surface area (Å²) in [7, 11) is 3.34. The average molecular weight is 406 g/mol. The predicted molar refractivity (Wildman–Crippen MR) is 108 cm³/mol. The Labute approximate surface area is 170 Å². The van der Waals surface area contributed by atoms with E-state index in [9.17, 15) is 13.6 Å². The molecule has 0 aliphatic rings. The van der Waals surface area contributed by atoms with Crippen LogP contribution in [0.25, 0.3) is 0 Å². The van der Waals surface area contributed by atoms with Crippen molar-refractivity contribution in [1.82, 2.24) is 10.2 Å². The summed E-state index contributed by atoms with van der Waals surface area (Å²) in [4.78, 5) is 13.5. The van der Waals surface area contributed by atoms with Crippen LogP contribution in [0.4, 0.5) is 8.78 Å². The fourth-order valence-corrected chi connectivity index (χ4v) is 2.87. The number of ether oxygens (including phenoxy) is 2. The molecule has 2 aromatic carbocycles. The maximum absolute atomic E-state index is 13.9. The zero-order chi connectivity index (χ0) is 21.6. The van der Waals surface area contributed by atoms with E-state index < -0.39 is 17.7 Å². The third kappa shape index (κ3) is 6.15. The van der Waals surface area contributed by atoms with Crippen molar-refractivity contribution in [3.63, 3.8) is 0 Å². The standard InChI is InChI=1S/C22H28F2N2O3/c1-6-28-21-11-16(7-10-20(21)29-15(3)22(27)26(4)5)13-25-14(2)18-9-8-17(23)12-19(18)24/h7-12,14-15,25H,6,13H2,1-5H3/t14-,15+/m0/s1. The van der Waals surface area contributed by atoms with Gasteiger partial charge in [0.15, 0.2) is 17.6 Å². The van der Waals surface area contributed by atoms with E-state index in [0.29, 0.717) is 30.2 Å². The highest BCUT2D eigenvalue weighted by molar-refractivity contribution is 5.80. The molecule has 2 aromatic rings. The van der Waals surface area contributed by atoms with Crippen LogP contribution < -0.4 is 14.8 Å². The third-order valence-corrected chi connectivity index (χ3v) is 4.44. The lowest BCUT2D eigenvalue weighted by Crippen LogP contribution is -2.35. The van der Waals surface area contributed by atoms with Crippen LogP contribution in [0.3, 0.4) is 0 Å². The molecule has 0 saturated carbocycles. The lowest BCUT2D eigenvalue weighted by Gasteiger charge is -2.21. The number of halogens is 2.